The van der Waals surface area contributed by atoms with E-state index in [1.807, 2.05) is 0 Å². The molecule has 0 unspecified atom stereocenters. The molecule has 0 aliphatic carbocycles. The van der Waals surface area contributed by atoms with Gasteiger partial charge < -0.3 is 10.2 Å². The molecule has 0 spiro atoms. The molecule has 1 heterocycles. The lowest BCUT2D eigenvalue weighted by Gasteiger charge is -2.24. The van der Waals surface area contributed by atoms with Crippen molar-refractivity contribution in [2.24, 2.45) is 5.92 Å². The van der Waals surface area contributed by atoms with E-state index in [2.05, 4.69) is 49.3 Å². The van der Waals surface area contributed by atoms with Crippen LogP contribution in [-0.4, -0.2) is 25.0 Å². The van der Waals surface area contributed by atoms with Gasteiger partial charge in [-0.3, -0.25) is 0 Å². The topological polar surface area (TPSA) is 15.3 Å². The molecule has 0 radical (unpaired) electrons. The molecular weight excluding hydrogens is 220 g/mol. The molecule has 0 atom stereocenters. The molecule has 1 N–H and O–H groups in total. The van der Waals surface area contributed by atoms with Crippen LogP contribution < -0.4 is 5.32 Å². The Morgan fingerprint density at radius 3 is 2.94 bits per heavy atom. The van der Waals surface area contributed by atoms with Gasteiger partial charge in [0.05, 0.1) is 0 Å². The third kappa shape index (κ3) is 3.56. The third-order valence-corrected chi connectivity index (χ3v) is 3.77. The van der Waals surface area contributed by atoms with Crippen LogP contribution in [0.3, 0.4) is 0 Å². The van der Waals surface area contributed by atoms with Gasteiger partial charge in [-0.25, -0.2) is 0 Å². The summed E-state index contributed by atoms with van der Waals surface area (Å²) in [5, 5.41) is 3.45. The Bertz CT molecular complexity index is 385. The summed E-state index contributed by atoms with van der Waals surface area (Å²) in [6.45, 7) is 9.04. The molecule has 1 aromatic rings. The number of nitrogens with one attached hydrogen (secondary N) is 1. The Balaban J connectivity index is 2.00. The largest absolute Gasteiger partial charge is 0.312 e. The average Bonchev–Trinajstić information content (AvgIpc) is 2.37. The van der Waals surface area contributed by atoms with Crippen molar-refractivity contribution in [3.05, 3.63) is 34.9 Å². The first kappa shape index (κ1) is 13.6. The zero-order valence-corrected chi connectivity index (χ0v) is 12.0. The average molecular weight is 246 g/mol. The van der Waals surface area contributed by atoms with Crippen molar-refractivity contribution in [3.8, 4) is 0 Å². The van der Waals surface area contributed by atoms with Crippen molar-refractivity contribution >= 4 is 0 Å². The van der Waals surface area contributed by atoms with Crippen LogP contribution >= 0.6 is 0 Å². The van der Waals surface area contributed by atoms with Crippen LogP contribution in [0.1, 0.15) is 37.0 Å². The second-order valence-corrected chi connectivity index (χ2v) is 5.90. The van der Waals surface area contributed by atoms with Crippen LogP contribution in [0.15, 0.2) is 18.2 Å². The highest BCUT2D eigenvalue weighted by Gasteiger charge is 2.13. The van der Waals surface area contributed by atoms with Gasteiger partial charge >= 0.3 is 0 Å². The van der Waals surface area contributed by atoms with Gasteiger partial charge in [0.1, 0.15) is 0 Å². The van der Waals surface area contributed by atoms with Crippen LogP contribution in [0.5, 0.6) is 0 Å². The summed E-state index contributed by atoms with van der Waals surface area (Å²) in [4.78, 5) is 2.46. The van der Waals surface area contributed by atoms with Gasteiger partial charge in [0, 0.05) is 13.1 Å². The van der Waals surface area contributed by atoms with Crippen LogP contribution in [0, 0.1) is 5.92 Å². The summed E-state index contributed by atoms with van der Waals surface area (Å²) in [5.74, 6) is 0.793. The minimum absolute atomic E-state index is 0.793. The van der Waals surface area contributed by atoms with E-state index < -0.39 is 0 Å². The van der Waals surface area contributed by atoms with E-state index in [0.717, 1.165) is 25.6 Å². The second kappa shape index (κ2) is 6.35. The van der Waals surface area contributed by atoms with Crippen molar-refractivity contribution in [1.82, 2.24) is 10.2 Å². The van der Waals surface area contributed by atoms with Gasteiger partial charge in [-0.2, -0.15) is 0 Å². The summed E-state index contributed by atoms with van der Waals surface area (Å²) in [7, 11) is 2.24. The minimum atomic E-state index is 0.793. The molecule has 2 heteroatoms. The van der Waals surface area contributed by atoms with Gasteiger partial charge in [-0.15, -0.1) is 0 Å². The van der Waals surface area contributed by atoms with E-state index in [0.29, 0.717) is 0 Å². The lowest BCUT2D eigenvalue weighted by Crippen LogP contribution is -2.27. The van der Waals surface area contributed by atoms with Gasteiger partial charge in [0.25, 0.3) is 0 Å². The van der Waals surface area contributed by atoms with Crippen LogP contribution in [0.25, 0.3) is 0 Å². The molecule has 0 bridgehead atoms. The monoisotopic (exact) mass is 246 g/mol. The normalized spacial score (nSPS) is 15.2. The molecular formula is C16H26N2. The van der Waals surface area contributed by atoms with Crippen LogP contribution in [0.2, 0.25) is 0 Å². The standard InChI is InChI=1S/C16H26N2/c1-13(2)8-10-18(3)12-15-6-4-5-14-11-17-9-7-16(14)15/h4-6,13,17H,7-12H2,1-3H3. The second-order valence-electron chi connectivity index (χ2n) is 5.90. The predicted molar refractivity (Wildman–Crippen MR) is 77.6 cm³/mol. The smallest absolute Gasteiger partial charge is 0.0233 e. The minimum Gasteiger partial charge on any atom is -0.312 e. The van der Waals surface area contributed by atoms with Crippen molar-refractivity contribution in [2.45, 2.75) is 39.8 Å². The molecule has 2 nitrogen and oxygen atoms in total. The number of nitrogens with zero attached hydrogens (tertiary/aromatic N) is 1. The highest BCUT2D eigenvalue weighted by molar-refractivity contribution is 5.36. The Labute approximate surface area is 111 Å². The highest BCUT2D eigenvalue weighted by Crippen LogP contribution is 2.20. The van der Waals surface area contributed by atoms with E-state index >= 15 is 0 Å². The molecule has 0 saturated carbocycles. The first-order valence-corrected chi connectivity index (χ1v) is 7.15. The Morgan fingerprint density at radius 1 is 1.33 bits per heavy atom. The number of benzene rings is 1. The number of hydrogen-bond donors (Lipinski definition) is 1. The van der Waals surface area contributed by atoms with Crippen molar-refractivity contribution in [1.29, 1.82) is 0 Å². The fourth-order valence-electron chi connectivity index (χ4n) is 2.61. The number of rotatable bonds is 5. The van der Waals surface area contributed by atoms with Gasteiger partial charge in [0.2, 0.25) is 0 Å². The molecule has 2 rings (SSSR count). The summed E-state index contributed by atoms with van der Waals surface area (Å²) in [5.41, 5.74) is 4.61. The molecule has 0 fully saturated rings. The Morgan fingerprint density at radius 2 is 2.17 bits per heavy atom. The van der Waals surface area contributed by atoms with Gasteiger partial charge in [-0.05, 0) is 55.6 Å². The quantitative estimate of drug-likeness (QED) is 0.859. The van der Waals surface area contributed by atoms with Crippen LogP contribution in [0.4, 0.5) is 0 Å². The van der Waals surface area contributed by atoms with E-state index in [9.17, 15) is 0 Å². The number of hydrogen-bond acceptors (Lipinski definition) is 2. The lowest BCUT2D eigenvalue weighted by molar-refractivity contribution is 0.302. The summed E-state index contributed by atoms with van der Waals surface area (Å²) in [6.07, 6.45) is 2.47. The Hall–Kier alpha value is -0.860. The SMILES string of the molecule is CC(C)CCN(C)Cc1cccc2c1CCNC2. The molecule has 0 amide bonds. The molecule has 0 aromatic heterocycles. The lowest BCUT2D eigenvalue weighted by atomic mass is 9.95. The van der Waals surface area contributed by atoms with E-state index in [-0.39, 0.29) is 0 Å². The predicted octanol–water partition coefficient (Wildman–Crippen LogP) is 2.81. The zero-order chi connectivity index (χ0) is 13.0. The summed E-state index contributed by atoms with van der Waals surface area (Å²) in [6, 6.07) is 6.77. The Kier molecular flexibility index (Phi) is 4.79. The molecule has 100 valence electrons. The third-order valence-electron chi connectivity index (χ3n) is 3.77. The summed E-state index contributed by atoms with van der Waals surface area (Å²) < 4.78 is 0. The fraction of sp³-hybridized carbons (Fsp3) is 0.625. The first-order valence-electron chi connectivity index (χ1n) is 7.15. The number of fused-ring (bicyclic) bond motifs is 1. The van der Waals surface area contributed by atoms with Gasteiger partial charge in [0.15, 0.2) is 0 Å². The first-order chi connectivity index (χ1) is 8.66. The van der Waals surface area contributed by atoms with E-state index in [1.165, 1.54) is 30.5 Å². The maximum absolute atomic E-state index is 3.45. The fourth-order valence-corrected chi connectivity index (χ4v) is 2.61. The maximum Gasteiger partial charge on any atom is 0.0233 e. The maximum atomic E-state index is 3.45. The summed E-state index contributed by atoms with van der Waals surface area (Å²) >= 11 is 0. The van der Waals surface area contributed by atoms with Crippen molar-refractivity contribution < 1.29 is 0 Å². The zero-order valence-electron chi connectivity index (χ0n) is 12.0. The van der Waals surface area contributed by atoms with Gasteiger partial charge in [-0.1, -0.05) is 32.0 Å². The molecule has 1 aliphatic rings. The van der Waals surface area contributed by atoms with Crippen molar-refractivity contribution in [3.63, 3.8) is 0 Å². The highest BCUT2D eigenvalue weighted by atomic mass is 15.1. The molecule has 1 aliphatic heterocycles. The van der Waals surface area contributed by atoms with Crippen LogP contribution in [-0.2, 0) is 19.5 Å². The molecule has 18 heavy (non-hydrogen) atoms. The molecule has 1 aromatic carbocycles. The molecule has 0 saturated heterocycles. The van der Waals surface area contributed by atoms with Crippen molar-refractivity contribution in [2.75, 3.05) is 20.1 Å². The van der Waals surface area contributed by atoms with E-state index in [4.69, 9.17) is 0 Å². The van der Waals surface area contributed by atoms with E-state index in [1.54, 1.807) is 5.56 Å².